The summed E-state index contributed by atoms with van der Waals surface area (Å²) in [5.74, 6) is 1.58. The van der Waals surface area contributed by atoms with Crippen molar-refractivity contribution in [3.05, 3.63) is 64.2 Å². The zero-order valence-corrected chi connectivity index (χ0v) is 20.8. The second kappa shape index (κ2) is 9.21. The molecule has 180 valence electrons. The minimum Gasteiger partial charge on any atom is -0.378 e. The molecule has 1 aliphatic carbocycles. The summed E-state index contributed by atoms with van der Waals surface area (Å²) >= 11 is 1.58. The molecular weight excluding hydrogens is 458 g/mol. The Balaban J connectivity index is 1.33. The van der Waals surface area contributed by atoms with E-state index in [1.165, 1.54) is 12.8 Å². The number of ether oxygens (including phenoxy) is 1. The number of carbonyl (C=O) groups is 2. The Labute approximate surface area is 209 Å². The van der Waals surface area contributed by atoms with Gasteiger partial charge in [-0.15, -0.1) is 11.3 Å². The molecule has 0 N–H and O–H groups in total. The standard InChI is InChI=1S/C28H29N3O3S/c1-18-14-22(29-26(15-18)30-10-12-34-13-11-30)28(33)31-9-8-20-17-25(24(32)16-19-6-7-19)35-27(20)21-4-2-3-5-23(21)31/h2-5,14-15,17,19H,6-13,16H2,1H3. The number of rotatable bonds is 5. The van der Waals surface area contributed by atoms with Crippen LogP contribution in [0.3, 0.4) is 0 Å². The van der Waals surface area contributed by atoms with Gasteiger partial charge in [-0.25, -0.2) is 4.98 Å². The molecule has 35 heavy (non-hydrogen) atoms. The van der Waals surface area contributed by atoms with Crippen LogP contribution in [0.1, 0.15) is 50.5 Å². The first-order chi connectivity index (χ1) is 17.1. The molecule has 1 saturated carbocycles. The minimum atomic E-state index is -0.0872. The monoisotopic (exact) mass is 487 g/mol. The Bertz CT molecular complexity index is 1290. The third kappa shape index (κ3) is 4.50. The number of thiophene rings is 1. The van der Waals surface area contributed by atoms with Crippen molar-refractivity contribution in [3.63, 3.8) is 0 Å². The van der Waals surface area contributed by atoms with Crippen molar-refractivity contribution in [1.29, 1.82) is 0 Å². The molecule has 0 bridgehead atoms. The average Bonchev–Trinajstić information content (AvgIpc) is 3.62. The van der Waals surface area contributed by atoms with Gasteiger partial charge >= 0.3 is 0 Å². The van der Waals surface area contributed by atoms with Gasteiger partial charge in [0.15, 0.2) is 5.78 Å². The summed E-state index contributed by atoms with van der Waals surface area (Å²) < 4.78 is 5.48. The fraction of sp³-hybridized carbons (Fsp3) is 0.393. The molecule has 0 atom stereocenters. The maximum absolute atomic E-state index is 13.8. The number of pyridine rings is 1. The lowest BCUT2D eigenvalue weighted by molar-refractivity contribution is 0.0972. The van der Waals surface area contributed by atoms with E-state index in [1.807, 2.05) is 42.2 Å². The van der Waals surface area contributed by atoms with E-state index in [0.29, 0.717) is 44.2 Å². The highest BCUT2D eigenvalue weighted by Crippen LogP contribution is 2.43. The highest BCUT2D eigenvalue weighted by molar-refractivity contribution is 7.17. The summed E-state index contributed by atoms with van der Waals surface area (Å²) in [6.45, 7) is 5.46. The number of Topliss-reactive ketones (excluding diaryl/α,β-unsaturated/α-hetero) is 1. The third-order valence-electron chi connectivity index (χ3n) is 7.05. The quantitative estimate of drug-likeness (QED) is 0.466. The van der Waals surface area contributed by atoms with E-state index in [9.17, 15) is 9.59 Å². The minimum absolute atomic E-state index is 0.0872. The van der Waals surface area contributed by atoms with Crippen LogP contribution in [0, 0.1) is 12.8 Å². The first-order valence-electron chi connectivity index (χ1n) is 12.5. The molecule has 2 aliphatic heterocycles. The summed E-state index contributed by atoms with van der Waals surface area (Å²) in [6, 6.07) is 14.0. The first kappa shape index (κ1) is 22.4. The van der Waals surface area contributed by atoms with Crippen LogP contribution >= 0.6 is 11.3 Å². The van der Waals surface area contributed by atoms with Crippen LogP contribution < -0.4 is 9.80 Å². The average molecular weight is 488 g/mol. The molecule has 1 aromatic carbocycles. The van der Waals surface area contributed by atoms with E-state index in [1.54, 1.807) is 11.3 Å². The van der Waals surface area contributed by atoms with Crippen molar-refractivity contribution >= 4 is 34.5 Å². The molecule has 3 aromatic rings. The summed E-state index contributed by atoms with van der Waals surface area (Å²) in [4.78, 5) is 37.4. The zero-order valence-electron chi connectivity index (χ0n) is 20.0. The van der Waals surface area contributed by atoms with Crippen LogP contribution in [-0.2, 0) is 11.2 Å². The number of ketones is 1. The number of nitrogens with zero attached hydrogens (tertiary/aromatic N) is 3. The Morgan fingerprint density at radius 3 is 2.69 bits per heavy atom. The Morgan fingerprint density at radius 2 is 1.89 bits per heavy atom. The topological polar surface area (TPSA) is 62.7 Å². The molecule has 6 rings (SSSR count). The molecule has 0 radical (unpaired) electrons. The summed E-state index contributed by atoms with van der Waals surface area (Å²) in [6.07, 6.45) is 3.73. The first-order valence-corrected chi connectivity index (χ1v) is 13.3. The lowest BCUT2D eigenvalue weighted by Gasteiger charge is -2.29. The van der Waals surface area contributed by atoms with E-state index in [-0.39, 0.29) is 11.7 Å². The van der Waals surface area contributed by atoms with E-state index < -0.39 is 0 Å². The van der Waals surface area contributed by atoms with Gasteiger partial charge in [-0.1, -0.05) is 18.2 Å². The second-order valence-corrected chi connectivity index (χ2v) is 10.8. The number of hydrogen-bond donors (Lipinski definition) is 0. The number of para-hydroxylation sites is 1. The van der Waals surface area contributed by atoms with Gasteiger partial charge in [0.1, 0.15) is 11.5 Å². The molecule has 7 heteroatoms. The van der Waals surface area contributed by atoms with Crippen LogP contribution in [0.4, 0.5) is 11.5 Å². The van der Waals surface area contributed by atoms with Crippen molar-refractivity contribution < 1.29 is 14.3 Å². The SMILES string of the molecule is Cc1cc(C(=O)N2CCc3cc(C(=O)CC4CC4)sc3-c3ccccc32)nc(N2CCOCC2)c1. The Kier molecular flexibility index (Phi) is 5.90. The van der Waals surface area contributed by atoms with Gasteiger partial charge in [0.05, 0.1) is 23.8 Å². The highest BCUT2D eigenvalue weighted by Gasteiger charge is 2.30. The normalized spacial score (nSPS) is 17.5. The molecule has 6 nitrogen and oxygen atoms in total. The van der Waals surface area contributed by atoms with Gasteiger partial charge in [0.2, 0.25) is 0 Å². The molecule has 0 unspecified atom stereocenters. The fourth-order valence-corrected chi connectivity index (χ4v) is 6.17. The number of morpholine rings is 1. The number of aromatic nitrogens is 1. The zero-order chi connectivity index (χ0) is 23.9. The second-order valence-electron chi connectivity index (χ2n) is 9.75. The number of carbonyl (C=O) groups excluding carboxylic acids is 2. The van der Waals surface area contributed by atoms with Crippen LogP contribution in [0.5, 0.6) is 0 Å². The van der Waals surface area contributed by atoms with Gasteiger partial charge in [-0.05, 0) is 67.5 Å². The van der Waals surface area contributed by atoms with Crippen LogP contribution in [0.25, 0.3) is 10.4 Å². The Hall–Kier alpha value is -3.03. The van der Waals surface area contributed by atoms with Gasteiger partial charge < -0.3 is 14.5 Å². The van der Waals surface area contributed by atoms with Gasteiger partial charge in [0.25, 0.3) is 5.91 Å². The lowest BCUT2D eigenvalue weighted by atomic mass is 10.1. The van der Waals surface area contributed by atoms with Crippen molar-refractivity contribution in [1.82, 2.24) is 4.98 Å². The smallest absolute Gasteiger partial charge is 0.276 e. The number of anilines is 2. The summed E-state index contributed by atoms with van der Waals surface area (Å²) in [7, 11) is 0. The molecular formula is C28H29N3O3S. The van der Waals surface area contributed by atoms with E-state index in [2.05, 4.69) is 17.0 Å². The molecule has 2 fully saturated rings. The molecule has 2 aromatic heterocycles. The van der Waals surface area contributed by atoms with Crippen molar-refractivity contribution in [2.24, 2.45) is 5.92 Å². The predicted octanol–water partition coefficient (Wildman–Crippen LogP) is 5.14. The molecule has 3 aliphatic rings. The van der Waals surface area contributed by atoms with Crippen LogP contribution in [0.2, 0.25) is 0 Å². The fourth-order valence-electron chi connectivity index (χ4n) is 4.98. The molecule has 1 amide bonds. The number of benzene rings is 1. The number of hydrogen-bond acceptors (Lipinski definition) is 6. The Morgan fingerprint density at radius 1 is 1.09 bits per heavy atom. The van der Waals surface area contributed by atoms with Crippen molar-refractivity contribution in [2.75, 3.05) is 42.6 Å². The highest BCUT2D eigenvalue weighted by atomic mass is 32.1. The van der Waals surface area contributed by atoms with Gasteiger partial charge in [0, 0.05) is 36.5 Å². The largest absolute Gasteiger partial charge is 0.378 e. The number of amides is 1. The molecule has 1 saturated heterocycles. The summed E-state index contributed by atoms with van der Waals surface area (Å²) in [5, 5.41) is 0. The lowest BCUT2D eigenvalue weighted by Crippen LogP contribution is -2.38. The van der Waals surface area contributed by atoms with Crippen LogP contribution in [-0.4, -0.2) is 49.5 Å². The number of fused-ring (bicyclic) bond motifs is 3. The van der Waals surface area contributed by atoms with Gasteiger partial charge in [-0.3, -0.25) is 9.59 Å². The third-order valence-corrected chi connectivity index (χ3v) is 8.31. The van der Waals surface area contributed by atoms with E-state index >= 15 is 0 Å². The predicted molar refractivity (Wildman–Crippen MR) is 139 cm³/mol. The molecule has 0 spiro atoms. The maximum Gasteiger partial charge on any atom is 0.276 e. The van der Waals surface area contributed by atoms with Crippen LogP contribution in [0.15, 0.2) is 42.5 Å². The van der Waals surface area contributed by atoms with Crippen molar-refractivity contribution in [3.8, 4) is 10.4 Å². The number of aryl methyl sites for hydroxylation is 1. The summed E-state index contributed by atoms with van der Waals surface area (Å²) in [5.41, 5.74) is 4.54. The maximum atomic E-state index is 13.8. The van der Waals surface area contributed by atoms with Crippen molar-refractivity contribution in [2.45, 2.75) is 32.6 Å². The van der Waals surface area contributed by atoms with E-state index in [0.717, 1.165) is 51.0 Å². The van der Waals surface area contributed by atoms with E-state index in [4.69, 9.17) is 9.72 Å². The molecule has 4 heterocycles. The van der Waals surface area contributed by atoms with Gasteiger partial charge in [-0.2, -0.15) is 0 Å².